The third kappa shape index (κ3) is 11.3. The Morgan fingerprint density at radius 3 is 1.42 bits per heavy atom. The molecule has 0 aromatic rings. The molecule has 0 saturated carbocycles. The van der Waals surface area contributed by atoms with E-state index in [0.717, 1.165) is 13.2 Å². The van der Waals surface area contributed by atoms with E-state index in [-0.39, 0.29) is 0 Å². The fraction of sp³-hybridized carbons (Fsp3) is 1.00. The smallest absolute Gasteiger partial charge is 0.267 e. The lowest BCUT2D eigenvalue weighted by atomic mass is 10.2. The Labute approximate surface area is 113 Å². The normalized spacial score (nSPS) is 14.5. The topological polar surface area (TPSA) is 130 Å². The molecule has 0 N–H and O–H groups in total. The molecule has 0 aliphatic heterocycles. The van der Waals surface area contributed by atoms with Crippen LogP contribution in [0.5, 0.6) is 0 Å². The molecule has 0 radical (unpaired) electrons. The molecule has 0 saturated heterocycles. The van der Waals surface area contributed by atoms with Gasteiger partial charge in [-0.2, -0.15) is 25.3 Å². The Balaban J connectivity index is 4.97. The van der Waals surface area contributed by atoms with Gasteiger partial charge >= 0.3 is 0 Å². The highest BCUT2D eigenvalue weighted by molar-refractivity contribution is 7.86. The van der Waals surface area contributed by atoms with E-state index < -0.39 is 49.2 Å². The van der Waals surface area contributed by atoms with E-state index in [1.807, 2.05) is 0 Å². The maximum absolute atomic E-state index is 11.0. The quantitative estimate of drug-likeness (QED) is 0.404. The third-order valence-electron chi connectivity index (χ3n) is 1.51. The van der Waals surface area contributed by atoms with Crippen molar-refractivity contribution in [2.75, 3.05) is 25.4 Å². The molecule has 0 spiro atoms. The second kappa shape index (κ2) is 6.01. The first-order chi connectivity index (χ1) is 8.12. The summed E-state index contributed by atoms with van der Waals surface area (Å²) in [6.07, 6.45) is 1.77. The fourth-order valence-electron chi connectivity index (χ4n) is 1.12. The van der Waals surface area contributed by atoms with Crippen molar-refractivity contribution < 1.29 is 37.8 Å². The van der Waals surface area contributed by atoms with Gasteiger partial charge in [0.05, 0.1) is 25.4 Å². The van der Waals surface area contributed by atoms with Crippen molar-refractivity contribution in [3.05, 3.63) is 0 Å². The summed E-state index contributed by atoms with van der Waals surface area (Å²) < 4.78 is 79.0. The molecule has 12 heteroatoms. The van der Waals surface area contributed by atoms with Crippen LogP contribution >= 0.6 is 0 Å². The molecule has 0 atom stereocenters. The second-order valence-electron chi connectivity index (χ2n) is 3.98. The predicted octanol–water partition coefficient (Wildman–Crippen LogP) is -0.979. The van der Waals surface area contributed by atoms with Crippen LogP contribution in [0.25, 0.3) is 0 Å². The largest absolute Gasteiger partial charge is 0.270 e. The summed E-state index contributed by atoms with van der Waals surface area (Å²) in [6, 6.07) is 0. The van der Waals surface area contributed by atoms with Gasteiger partial charge < -0.3 is 0 Å². The SMILES string of the molecule is CC(CCOS(C)(=O)=O)(OS(C)(=O)=O)OS(C)(=O)=O. The molecule has 0 bridgehead atoms. The van der Waals surface area contributed by atoms with E-state index in [2.05, 4.69) is 12.5 Å². The summed E-state index contributed by atoms with van der Waals surface area (Å²) in [4.78, 5) is 0. The van der Waals surface area contributed by atoms with Crippen LogP contribution in [-0.2, 0) is 42.9 Å². The van der Waals surface area contributed by atoms with Crippen LogP contribution in [0.4, 0.5) is 0 Å². The molecule has 19 heavy (non-hydrogen) atoms. The minimum Gasteiger partial charge on any atom is -0.270 e. The Hall–Kier alpha value is -0.270. The number of rotatable bonds is 8. The summed E-state index contributed by atoms with van der Waals surface area (Å²) >= 11 is 0. The number of hydrogen-bond donors (Lipinski definition) is 0. The first-order valence-electron chi connectivity index (χ1n) is 4.78. The molecule has 0 rings (SSSR count). The summed E-state index contributed by atoms with van der Waals surface area (Å²) in [5.74, 6) is -2.08. The highest BCUT2D eigenvalue weighted by Crippen LogP contribution is 2.22. The fourth-order valence-corrected chi connectivity index (χ4v) is 3.06. The lowest BCUT2D eigenvalue weighted by molar-refractivity contribution is -0.0983. The Bertz CT molecular complexity index is 564. The molecule has 0 unspecified atom stereocenters. The monoisotopic (exact) mass is 340 g/mol. The van der Waals surface area contributed by atoms with Crippen LogP contribution in [0.2, 0.25) is 0 Å². The van der Waals surface area contributed by atoms with Gasteiger partial charge in [0.15, 0.2) is 0 Å². The van der Waals surface area contributed by atoms with Gasteiger partial charge in [-0.25, -0.2) is 8.37 Å². The van der Waals surface area contributed by atoms with Gasteiger partial charge in [-0.15, -0.1) is 0 Å². The second-order valence-corrected chi connectivity index (χ2v) is 8.78. The van der Waals surface area contributed by atoms with E-state index in [1.54, 1.807) is 0 Å². The van der Waals surface area contributed by atoms with Gasteiger partial charge in [-0.3, -0.25) is 4.18 Å². The van der Waals surface area contributed by atoms with Crippen molar-refractivity contribution in [2.45, 2.75) is 19.1 Å². The Morgan fingerprint density at radius 2 is 1.16 bits per heavy atom. The van der Waals surface area contributed by atoms with Crippen LogP contribution in [-0.4, -0.2) is 56.4 Å². The first-order valence-corrected chi connectivity index (χ1v) is 10.2. The van der Waals surface area contributed by atoms with Crippen molar-refractivity contribution in [1.82, 2.24) is 0 Å². The summed E-state index contributed by atoms with van der Waals surface area (Å²) in [5.41, 5.74) is 0. The molecule has 0 aliphatic carbocycles. The van der Waals surface area contributed by atoms with Gasteiger partial charge in [0, 0.05) is 6.42 Å². The molecule has 0 fully saturated rings. The predicted molar refractivity (Wildman–Crippen MR) is 65.7 cm³/mol. The van der Waals surface area contributed by atoms with E-state index in [1.165, 1.54) is 0 Å². The van der Waals surface area contributed by atoms with Crippen molar-refractivity contribution in [1.29, 1.82) is 0 Å². The minimum absolute atomic E-state index is 0.430. The highest BCUT2D eigenvalue weighted by Gasteiger charge is 2.35. The lowest BCUT2D eigenvalue weighted by Crippen LogP contribution is -2.38. The highest BCUT2D eigenvalue weighted by atomic mass is 32.2. The first kappa shape index (κ1) is 18.7. The molecule has 0 amide bonds. The zero-order valence-electron chi connectivity index (χ0n) is 10.8. The standard InChI is InChI=1S/C7H16O9S3/c1-7(15-18(3,10)11,16-19(4,12)13)5-6-14-17(2,8)9/h5-6H2,1-4H3. The molecule has 0 aromatic heterocycles. The van der Waals surface area contributed by atoms with Crippen molar-refractivity contribution in [3.8, 4) is 0 Å². The molecule has 116 valence electrons. The zero-order valence-corrected chi connectivity index (χ0v) is 13.3. The molecular formula is C7H16O9S3. The number of hydrogen-bond acceptors (Lipinski definition) is 9. The van der Waals surface area contributed by atoms with Crippen molar-refractivity contribution in [2.24, 2.45) is 0 Å². The molecule has 0 aromatic carbocycles. The summed E-state index contributed by atoms with van der Waals surface area (Å²) in [5, 5.41) is 0. The van der Waals surface area contributed by atoms with E-state index in [0.29, 0.717) is 12.5 Å². The van der Waals surface area contributed by atoms with Gasteiger partial charge in [0.25, 0.3) is 30.4 Å². The van der Waals surface area contributed by atoms with Crippen molar-refractivity contribution in [3.63, 3.8) is 0 Å². The minimum atomic E-state index is -4.01. The maximum Gasteiger partial charge on any atom is 0.267 e. The Morgan fingerprint density at radius 1 is 0.789 bits per heavy atom. The summed E-state index contributed by atoms with van der Waals surface area (Å²) in [6.45, 7) is 0.543. The van der Waals surface area contributed by atoms with E-state index >= 15 is 0 Å². The molecule has 0 aliphatic rings. The van der Waals surface area contributed by atoms with E-state index in [4.69, 9.17) is 0 Å². The third-order valence-corrected chi connectivity index (χ3v) is 3.41. The Kier molecular flexibility index (Phi) is 5.93. The maximum atomic E-state index is 11.0. The van der Waals surface area contributed by atoms with E-state index in [9.17, 15) is 25.3 Å². The molecule has 0 heterocycles. The van der Waals surface area contributed by atoms with Gasteiger partial charge in [-0.1, -0.05) is 0 Å². The lowest BCUT2D eigenvalue weighted by Gasteiger charge is -2.26. The van der Waals surface area contributed by atoms with Crippen LogP contribution in [0.1, 0.15) is 13.3 Å². The summed E-state index contributed by atoms with van der Waals surface area (Å²) in [7, 11) is -11.8. The van der Waals surface area contributed by atoms with Crippen LogP contribution in [0.15, 0.2) is 0 Å². The average Bonchev–Trinajstić information content (AvgIpc) is 1.90. The van der Waals surface area contributed by atoms with Crippen LogP contribution in [0, 0.1) is 0 Å². The van der Waals surface area contributed by atoms with Gasteiger partial charge in [-0.05, 0) is 6.92 Å². The van der Waals surface area contributed by atoms with Gasteiger partial charge in [0.2, 0.25) is 5.79 Å². The molecule has 9 nitrogen and oxygen atoms in total. The van der Waals surface area contributed by atoms with Crippen LogP contribution < -0.4 is 0 Å². The van der Waals surface area contributed by atoms with Gasteiger partial charge in [0.1, 0.15) is 0 Å². The zero-order chi connectivity index (χ0) is 15.5. The molecular weight excluding hydrogens is 324 g/mol. The average molecular weight is 340 g/mol. The van der Waals surface area contributed by atoms with Crippen LogP contribution in [0.3, 0.4) is 0 Å². The van der Waals surface area contributed by atoms with Crippen molar-refractivity contribution >= 4 is 30.4 Å².